The number of rotatable bonds is 4. The van der Waals surface area contributed by atoms with Gasteiger partial charge in [0.1, 0.15) is 5.69 Å². The first-order chi connectivity index (χ1) is 10.0. The normalized spacial score (nSPS) is 9.95. The summed E-state index contributed by atoms with van der Waals surface area (Å²) in [5.41, 5.74) is 6.50. The number of amides is 1. The Labute approximate surface area is 125 Å². The third-order valence-corrected chi connectivity index (χ3v) is 2.67. The van der Waals surface area contributed by atoms with E-state index in [9.17, 15) is 9.59 Å². The van der Waals surface area contributed by atoms with Gasteiger partial charge < -0.3 is 15.8 Å². The SMILES string of the molecule is Nc1ccc(C(=O)OCC(=O)Nc2cccc(Cl)c2)nc1. The summed E-state index contributed by atoms with van der Waals surface area (Å²) in [5.74, 6) is -1.17. The quantitative estimate of drug-likeness (QED) is 0.844. The van der Waals surface area contributed by atoms with Crippen molar-refractivity contribution in [1.82, 2.24) is 4.98 Å². The molecule has 0 fully saturated rings. The zero-order valence-corrected chi connectivity index (χ0v) is 11.6. The van der Waals surface area contributed by atoms with Gasteiger partial charge in [-0.1, -0.05) is 17.7 Å². The summed E-state index contributed by atoms with van der Waals surface area (Å²) in [6, 6.07) is 9.59. The molecule has 0 bridgehead atoms. The van der Waals surface area contributed by atoms with E-state index < -0.39 is 18.5 Å². The molecule has 1 amide bonds. The monoisotopic (exact) mass is 305 g/mol. The van der Waals surface area contributed by atoms with Crippen molar-refractivity contribution >= 4 is 34.9 Å². The Kier molecular flexibility index (Phi) is 4.73. The molecule has 21 heavy (non-hydrogen) atoms. The number of nitrogens with zero attached hydrogens (tertiary/aromatic N) is 1. The van der Waals surface area contributed by atoms with Crippen molar-refractivity contribution in [3.05, 3.63) is 53.3 Å². The lowest BCUT2D eigenvalue weighted by atomic mass is 10.3. The molecule has 6 nitrogen and oxygen atoms in total. The Morgan fingerprint density at radius 3 is 2.76 bits per heavy atom. The molecule has 1 heterocycles. The molecule has 0 unspecified atom stereocenters. The molecule has 0 aliphatic heterocycles. The van der Waals surface area contributed by atoms with Crippen LogP contribution in [-0.4, -0.2) is 23.5 Å². The molecule has 2 aromatic rings. The van der Waals surface area contributed by atoms with Crippen molar-refractivity contribution in [2.75, 3.05) is 17.7 Å². The van der Waals surface area contributed by atoms with Crippen LogP contribution in [-0.2, 0) is 9.53 Å². The van der Waals surface area contributed by atoms with Gasteiger partial charge in [-0.25, -0.2) is 9.78 Å². The molecule has 3 N–H and O–H groups in total. The van der Waals surface area contributed by atoms with Crippen molar-refractivity contribution in [1.29, 1.82) is 0 Å². The first-order valence-corrected chi connectivity index (χ1v) is 6.36. The van der Waals surface area contributed by atoms with Gasteiger partial charge in [-0.3, -0.25) is 4.79 Å². The van der Waals surface area contributed by atoms with Crippen LogP contribution in [0, 0.1) is 0 Å². The molecule has 0 radical (unpaired) electrons. The summed E-state index contributed by atoms with van der Waals surface area (Å²) in [7, 11) is 0. The second-order valence-corrected chi connectivity index (χ2v) is 4.55. The van der Waals surface area contributed by atoms with Crippen LogP contribution >= 0.6 is 11.6 Å². The van der Waals surface area contributed by atoms with E-state index in [1.54, 1.807) is 24.3 Å². The van der Waals surface area contributed by atoms with Gasteiger partial charge in [-0.15, -0.1) is 0 Å². The Morgan fingerprint density at radius 2 is 2.10 bits per heavy atom. The predicted octanol–water partition coefficient (Wildman–Crippen LogP) is 2.11. The van der Waals surface area contributed by atoms with Crippen molar-refractivity contribution in [3.8, 4) is 0 Å². The zero-order valence-electron chi connectivity index (χ0n) is 10.9. The number of hydrogen-bond acceptors (Lipinski definition) is 5. The zero-order chi connectivity index (χ0) is 15.2. The molecule has 108 valence electrons. The molecule has 0 aliphatic rings. The number of ether oxygens (including phenoxy) is 1. The molecular formula is C14H12ClN3O3. The van der Waals surface area contributed by atoms with Crippen molar-refractivity contribution in [3.63, 3.8) is 0 Å². The largest absolute Gasteiger partial charge is 0.451 e. The Balaban J connectivity index is 1.86. The second kappa shape index (κ2) is 6.71. The maximum atomic E-state index is 11.6. The first kappa shape index (κ1) is 14.8. The van der Waals surface area contributed by atoms with E-state index in [0.29, 0.717) is 16.4 Å². The number of carbonyl (C=O) groups excluding carboxylic acids is 2. The number of nitrogens with two attached hydrogens (primary N) is 1. The highest BCUT2D eigenvalue weighted by Crippen LogP contribution is 2.14. The van der Waals surface area contributed by atoms with E-state index in [0.717, 1.165) is 0 Å². The van der Waals surface area contributed by atoms with Gasteiger partial charge in [0.25, 0.3) is 5.91 Å². The third-order valence-electron chi connectivity index (χ3n) is 2.44. The fraction of sp³-hybridized carbons (Fsp3) is 0.0714. The number of hydrogen-bond donors (Lipinski definition) is 2. The fourth-order valence-corrected chi connectivity index (χ4v) is 1.68. The number of esters is 1. The summed E-state index contributed by atoms with van der Waals surface area (Å²) in [4.78, 5) is 27.1. The predicted molar refractivity (Wildman–Crippen MR) is 79.0 cm³/mol. The molecule has 1 aromatic heterocycles. The number of benzene rings is 1. The van der Waals surface area contributed by atoms with Gasteiger partial charge in [0.05, 0.1) is 11.9 Å². The van der Waals surface area contributed by atoms with Gasteiger partial charge in [-0.05, 0) is 30.3 Å². The maximum absolute atomic E-state index is 11.6. The average Bonchev–Trinajstić information content (AvgIpc) is 2.45. The van der Waals surface area contributed by atoms with Crippen LogP contribution < -0.4 is 11.1 Å². The molecule has 1 aromatic carbocycles. The van der Waals surface area contributed by atoms with Crippen LogP contribution in [0.25, 0.3) is 0 Å². The van der Waals surface area contributed by atoms with Crippen LogP contribution in [0.4, 0.5) is 11.4 Å². The summed E-state index contributed by atoms with van der Waals surface area (Å²) < 4.78 is 4.84. The minimum absolute atomic E-state index is 0.0831. The summed E-state index contributed by atoms with van der Waals surface area (Å²) in [6.45, 7) is -0.419. The lowest BCUT2D eigenvalue weighted by Gasteiger charge is -2.06. The summed E-state index contributed by atoms with van der Waals surface area (Å²) in [5, 5.41) is 3.05. The first-order valence-electron chi connectivity index (χ1n) is 5.98. The Bertz CT molecular complexity index is 659. The average molecular weight is 306 g/mol. The third kappa shape index (κ3) is 4.47. The number of nitrogen functional groups attached to an aromatic ring is 1. The number of halogens is 1. The molecule has 0 atom stereocenters. The summed E-state index contributed by atoms with van der Waals surface area (Å²) in [6.07, 6.45) is 1.34. The van der Waals surface area contributed by atoms with Crippen LogP contribution in [0.2, 0.25) is 5.02 Å². The van der Waals surface area contributed by atoms with Gasteiger partial charge in [0.2, 0.25) is 0 Å². The molecule has 0 aliphatic carbocycles. The number of pyridine rings is 1. The topological polar surface area (TPSA) is 94.3 Å². The van der Waals surface area contributed by atoms with E-state index in [-0.39, 0.29) is 5.69 Å². The van der Waals surface area contributed by atoms with Crippen molar-refractivity contribution in [2.45, 2.75) is 0 Å². The lowest BCUT2D eigenvalue weighted by Crippen LogP contribution is -2.21. The summed E-state index contributed by atoms with van der Waals surface area (Å²) >= 11 is 5.79. The smallest absolute Gasteiger partial charge is 0.357 e. The lowest BCUT2D eigenvalue weighted by molar-refractivity contribution is -0.119. The number of carbonyl (C=O) groups is 2. The molecule has 0 spiro atoms. The van der Waals surface area contributed by atoms with E-state index in [1.165, 1.54) is 18.3 Å². The Hall–Kier alpha value is -2.60. The van der Waals surface area contributed by atoms with Gasteiger partial charge in [0.15, 0.2) is 6.61 Å². The van der Waals surface area contributed by atoms with Gasteiger partial charge in [-0.2, -0.15) is 0 Å². The standard InChI is InChI=1S/C14H12ClN3O3/c15-9-2-1-3-11(6-9)18-13(19)8-21-14(20)12-5-4-10(16)7-17-12/h1-7H,8,16H2,(H,18,19). The van der Waals surface area contributed by atoms with Crippen LogP contribution in [0.15, 0.2) is 42.6 Å². The van der Waals surface area contributed by atoms with Crippen LogP contribution in [0.1, 0.15) is 10.5 Å². The highest BCUT2D eigenvalue weighted by molar-refractivity contribution is 6.30. The van der Waals surface area contributed by atoms with E-state index in [2.05, 4.69) is 10.3 Å². The Morgan fingerprint density at radius 1 is 1.29 bits per heavy atom. The minimum Gasteiger partial charge on any atom is -0.451 e. The van der Waals surface area contributed by atoms with Crippen molar-refractivity contribution < 1.29 is 14.3 Å². The highest BCUT2D eigenvalue weighted by Gasteiger charge is 2.11. The van der Waals surface area contributed by atoms with Gasteiger partial charge >= 0.3 is 5.97 Å². The molecular weight excluding hydrogens is 294 g/mol. The van der Waals surface area contributed by atoms with Crippen LogP contribution in [0.5, 0.6) is 0 Å². The molecule has 2 rings (SSSR count). The van der Waals surface area contributed by atoms with E-state index in [1.807, 2.05) is 0 Å². The number of anilines is 2. The van der Waals surface area contributed by atoms with E-state index in [4.69, 9.17) is 22.1 Å². The fourth-order valence-electron chi connectivity index (χ4n) is 1.49. The second-order valence-electron chi connectivity index (χ2n) is 4.11. The number of nitrogens with one attached hydrogen (secondary N) is 1. The number of aromatic nitrogens is 1. The van der Waals surface area contributed by atoms with Gasteiger partial charge in [0, 0.05) is 10.7 Å². The molecule has 0 saturated carbocycles. The molecule has 7 heteroatoms. The molecule has 0 saturated heterocycles. The van der Waals surface area contributed by atoms with Crippen molar-refractivity contribution in [2.24, 2.45) is 0 Å². The van der Waals surface area contributed by atoms with Crippen LogP contribution in [0.3, 0.4) is 0 Å². The minimum atomic E-state index is -0.698. The maximum Gasteiger partial charge on any atom is 0.357 e. The van der Waals surface area contributed by atoms with E-state index >= 15 is 0 Å². The highest BCUT2D eigenvalue weighted by atomic mass is 35.5.